The molecule has 0 saturated carbocycles. The van der Waals surface area contributed by atoms with Crippen LogP contribution in [0.4, 0.5) is 0 Å². The Labute approximate surface area is 332 Å². The number of rotatable bonds is 8. The zero-order valence-electron chi connectivity index (χ0n) is 33.9. The van der Waals surface area contributed by atoms with E-state index in [9.17, 15) is 0 Å². The number of aromatic nitrogens is 2. The predicted octanol–water partition coefficient (Wildman–Crippen LogP) is 14.6. The number of benzene rings is 6. The van der Waals surface area contributed by atoms with E-state index in [1.807, 2.05) is 0 Å². The number of hydrogen-bond acceptors (Lipinski definition) is 0. The number of unbranched alkanes of at least 4 members (excludes halogenated alkanes) is 1. The highest BCUT2D eigenvalue weighted by Crippen LogP contribution is 2.57. The summed E-state index contributed by atoms with van der Waals surface area (Å²) >= 11 is 0. The number of aryl methyl sites for hydroxylation is 2. The third-order valence-corrected chi connectivity index (χ3v) is 19.4. The fraction of sp³-hybridized carbons (Fsp3) is 0.245. The van der Waals surface area contributed by atoms with Gasteiger partial charge in [0.05, 0.1) is 8.07 Å². The van der Waals surface area contributed by atoms with Crippen molar-refractivity contribution in [1.82, 2.24) is 9.13 Å². The molecule has 0 bridgehead atoms. The lowest BCUT2D eigenvalue weighted by Crippen LogP contribution is -2.46. The lowest BCUT2D eigenvalue weighted by Gasteiger charge is -2.43. The highest BCUT2D eigenvalue weighted by Gasteiger charge is 2.51. The van der Waals surface area contributed by atoms with Crippen LogP contribution in [0.25, 0.3) is 78.0 Å². The Balaban J connectivity index is 1.11. The molecule has 56 heavy (non-hydrogen) atoms. The quantitative estimate of drug-likeness (QED) is 0.137. The molecule has 0 N–H and O–H groups in total. The molecule has 2 aromatic heterocycles. The first-order valence-corrected chi connectivity index (χ1v) is 23.7. The minimum atomic E-state index is -2.14. The molecule has 3 unspecified atom stereocenters. The fourth-order valence-corrected chi connectivity index (χ4v) is 17.5. The molecule has 0 radical (unpaired) electrons. The van der Waals surface area contributed by atoms with Crippen LogP contribution in [0.3, 0.4) is 0 Å². The molecule has 0 aliphatic heterocycles. The van der Waals surface area contributed by atoms with Crippen LogP contribution in [0.5, 0.6) is 0 Å². The van der Waals surface area contributed by atoms with E-state index in [1.54, 1.807) is 22.3 Å². The van der Waals surface area contributed by atoms with Crippen LogP contribution < -0.4 is 0 Å². The second-order valence-corrected chi connectivity index (χ2v) is 22.1. The molecule has 278 valence electrons. The number of hydrogen-bond donors (Lipinski definition) is 0. The molecule has 2 nitrogen and oxygen atoms in total. The topological polar surface area (TPSA) is 9.86 Å². The second-order valence-electron chi connectivity index (χ2n) is 17.4. The Hall–Kier alpha value is -5.38. The minimum Gasteiger partial charge on any atom is -0.344 e. The van der Waals surface area contributed by atoms with Gasteiger partial charge < -0.3 is 9.13 Å². The van der Waals surface area contributed by atoms with Crippen molar-refractivity contribution in [3.63, 3.8) is 0 Å². The Morgan fingerprint density at radius 3 is 1.61 bits per heavy atom. The van der Waals surface area contributed by atoms with Crippen molar-refractivity contribution in [3.05, 3.63) is 155 Å². The van der Waals surface area contributed by atoms with Gasteiger partial charge >= 0.3 is 0 Å². The lowest BCUT2D eigenvalue weighted by atomic mass is 9.95. The van der Waals surface area contributed by atoms with Crippen molar-refractivity contribution >= 4 is 63.8 Å². The summed E-state index contributed by atoms with van der Waals surface area (Å²) in [5.74, 6) is 0.471. The molecule has 2 aliphatic rings. The van der Waals surface area contributed by atoms with Crippen molar-refractivity contribution in [3.8, 4) is 22.3 Å². The summed E-state index contributed by atoms with van der Waals surface area (Å²) in [5.41, 5.74) is 20.6. The molecule has 0 spiro atoms. The van der Waals surface area contributed by atoms with E-state index in [4.69, 9.17) is 0 Å². The van der Waals surface area contributed by atoms with Gasteiger partial charge in [-0.2, -0.15) is 0 Å². The van der Waals surface area contributed by atoms with Crippen LogP contribution >= 0.6 is 0 Å². The summed E-state index contributed by atoms with van der Waals surface area (Å²) in [6.07, 6.45) is 7.70. The van der Waals surface area contributed by atoms with Crippen molar-refractivity contribution < 1.29 is 0 Å². The molecule has 2 aliphatic carbocycles. The highest BCUT2D eigenvalue weighted by molar-refractivity contribution is 6.83. The largest absolute Gasteiger partial charge is 0.344 e. The van der Waals surface area contributed by atoms with Crippen molar-refractivity contribution in [2.45, 2.75) is 64.2 Å². The summed E-state index contributed by atoms with van der Waals surface area (Å²) < 4.78 is 4.67. The number of fused-ring (bicyclic) bond motifs is 8. The standard InChI is InChI=1S/C53H52N2Si/c1-8-9-28-56(7,52-34(4)29-44-37(18-14-20-41(44)52)35-24-26-50-46(30-35)39-16-10-12-22-48(39)54(50)5)53-42-21-15-19-38(45(42)32-43(53)33(2)3)36-25-27-51-47(31-36)40-17-11-13-23-49(40)55(51)6/h10-27,29-33,52-53H,8-9,28H2,1-7H3. The van der Waals surface area contributed by atoms with Crippen molar-refractivity contribution in [2.24, 2.45) is 20.0 Å². The summed E-state index contributed by atoms with van der Waals surface area (Å²) in [4.78, 5) is 0. The van der Waals surface area contributed by atoms with Gasteiger partial charge in [0.2, 0.25) is 0 Å². The maximum Gasteiger partial charge on any atom is 0.0752 e. The summed E-state index contributed by atoms with van der Waals surface area (Å²) in [7, 11) is 2.24. The maximum atomic E-state index is 2.78. The van der Waals surface area contributed by atoms with E-state index < -0.39 is 8.07 Å². The third kappa shape index (κ3) is 5.06. The van der Waals surface area contributed by atoms with E-state index >= 15 is 0 Å². The molecule has 8 aromatic rings. The van der Waals surface area contributed by atoms with Crippen molar-refractivity contribution in [1.29, 1.82) is 0 Å². The zero-order valence-corrected chi connectivity index (χ0v) is 34.9. The van der Waals surface area contributed by atoms with E-state index in [1.165, 1.54) is 95.9 Å². The molecule has 3 atom stereocenters. The number of para-hydroxylation sites is 2. The Bertz CT molecular complexity index is 2950. The average Bonchev–Trinajstić information content (AvgIpc) is 3.95. The molecule has 3 heteroatoms. The Morgan fingerprint density at radius 1 is 0.571 bits per heavy atom. The Kier molecular flexibility index (Phi) is 8.20. The van der Waals surface area contributed by atoms with Gasteiger partial charge in [0.25, 0.3) is 0 Å². The highest BCUT2D eigenvalue weighted by atomic mass is 28.3. The first-order valence-electron chi connectivity index (χ1n) is 20.8. The van der Waals surface area contributed by atoms with Gasteiger partial charge in [-0.3, -0.25) is 0 Å². The molecule has 0 amide bonds. The SMILES string of the molecule is CCCC[Si](C)(C1C(C)=Cc2c(-c3ccc4c(c3)c3ccccc3n4C)cccc21)C1C(C(C)C)=Cc2c(-c3ccc4c(c3)c3ccccc3n4C)cccc21. The Morgan fingerprint density at radius 2 is 1.07 bits per heavy atom. The molecular formula is C53H52N2Si. The zero-order chi connectivity index (χ0) is 38.5. The first-order chi connectivity index (χ1) is 27.2. The molecule has 6 aromatic carbocycles. The first kappa shape index (κ1) is 35.1. The fourth-order valence-electron chi connectivity index (χ4n) is 11.3. The molecule has 10 rings (SSSR count). The lowest BCUT2D eigenvalue weighted by molar-refractivity contribution is 0.721. The smallest absolute Gasteiger partial charge is 0.0752 e. The second kappa shape index (κ2) is 13.1. The van der Waals surface area contributed by atoms with Gasteiger partial charge in [-0.05, 0) is 93.7 Å². The van der Waals surface area contributed by atoms with Gasteiger partial charge in [-0.15, -0.1) is 0 Å². The minimum absolute atomic E-state index is 0.457. The van der Waals surface area contributed by atoms with Gasteiger partial charge in [0, 0.05) is 68.8 Å². The van der Waals surface area contributed by atoms with Gasteiger partial charge in [-0.25, -0.2) is 0 Å². The molecule has 0 saturated heterocycles. The van der Waals surface area contributed by atoms with Crippen LogP contribution in [0.15, 0.2) is 132 Å². The van der Waals surface area contributed by atoms with E-state index in [0.29, 0.717) is 17.0 Å². The third-order valence-electron chi connectivity index (χ3n) is 13.9. The number of allylic oxidation sites excluding steroid dienone is 2. The van der Waals surface area contributed by atoms with Crippen LogP contribution in [0.1, 0.15) is 73.9 Å². The molecule has 2 heterocycles. The van der Waals surface area contributed by atoms with Crippen LogP contribution in [0.2, 0.25) is 12.6 Å². The molecule has 0 fully saturated rings. The normalized spacial score (nSPS) is 17.6. The van der Waals surface area contributed by atoms with Crippen LogP contribution in [-0.2, 0) is 14.1 Å². The van der Waals surface area contributed by atoms with E-state index in [0.717, 1.165) is 0 Å². The monoisotopic (exact) mass is 744 g/mol. The van der Waals surface area contributed by atoms with Gasteiger partial charge in [0.15, 0.2) is 0 Å². The van der Waals surface area contributed by atoms with Crippen molar-refractivity contribution in [2.75, 3.05) is 0 Å². The van der Waals surface area contributed by atoms with Gasteiger partial charge in [0.1, 0.15) is 0 Å². The van der Waals surface area contributed by atoms with Crippen LogP contribution in [-0.4, -0.2) is 17.2 Å². The summed E-state index contributed by atoms with van der Waals surface area (Å²) in [5, 5.41) is 5.32. The summed E-state index contributed by atoms with van der Waals surface area (Å²) in [6.45, 7) is 12.5. The predicted molar refractivity (Wildman–Crippen MR) is 245 cm³/mol. The van der Waals surface area contributed by atoms with E-state index in [-0.39, 0.29) is 0 Å². The van der Waals surface area contributed by atoms with E-state index in [2.05, 4.69) is 191 Å². The van der Waals surface area contributed by atoms with Gasteiger partial charge in [-0.1, -0.05) is 154 Å². The summed E-state index contributed by atoms with van der Waals surface area (Å²) in [6, 6.07) is 47.7. The molecular weight excluding hydrogens is 693 g/mol. The maximum absolute atomic E-state index is 2.78. The average molecular weight is 745 g/mol. The van der Waals surface area contributed by atoms with Crippen LogP contribution in [0, 0.1) is 5.92 Å². The number of nitrogens with zero attached hydrogens (tertiary/aromatic N) is 2.